The molecule has 110 valence electrons. The Bertz CT molecular complexity index is 367. The molecular weight excluding hydrogens is 261 g/mol. The molecule has 5 nitrogen and oxygen atoms in total. The zero-order valence-electron chi connectivity index (χ0n) is 11.1. The summed E-state index contributed by atoms with van der Waals surface area (Å²) in [6.45, 7) is 1.55. The monoisotopic (exact) mass is 280 g/mol. The number of aryl methyl sites for hydroxylation is 1. The molecule has 0 fully saturated rings. The molecule has 0 saturated carbocycles. The molecule has 0 aliphatic rings. The molecule has 1 heterocycles. The standard InChI is InChI=1S/C11H19F3N4O/c1-3-15-9(4-5-19-8-11(12,13)14)6-10-7-18(2)17-16-10/h7,9,15H,3-6,8H2,1-2H3. The van der Waals surface area contributed by atoms with Gasteiger partial charge in [0, 0.05) is 32.3 Å². The van der Waals surface area contributed by atoms with Crippen molar-refractivity contribution in [2.24, 2.45) is 7.05 Å². The number of nitrogens with one attached hydrogen (secondary N) is 1. The molecule has 0 aromatic carbocycles. The van der Waals surface area contributed by atoms with E-state index in [1.165, 1.54) is 0 Å². The number of rotatable bonds is 8. The summed E-state index contributed by atoms with van der Waals surface area (Å²) >= 11 is 0. The third-order valence-corrected chi connectivity index (χ3v) is 2.47. The van der Waals surface area contributed by atoms with Gasteiger partial charge < -0.3 is 10.1 Å². The van der Waals surface area contributed by atoms with Crippen molar-refractivity contribution in [2.45, 2.75) is 32.0 Å². The quantitative estimate of drug-likeness (QED) is 0.729. The number of ether oxygens (including phenoxy) is 1. The van der Waals surface area contributed by atoms with Crippen LogP contribution in [0.3, 0.4) is 0 Å². The first kappa shape index (κ1) is 15.9. The average Bonchev–Trinajstić information content (AvgIpc) is 2.69. The third kappa shape index (κ3) is 7.12. The van der Waals surface area contributed by atoms with E-state index >= 15 is 0 Å². The number of nitrogens with zero attached hydrogens (tertiary/aromatic N) is 3. The highest BCUT2D eigenvalue weighted by Crippen LogP contribution is 2.14. The van der Waals surface area contributed by atoms with Crippen LogP contribution in [0.4, 0.5) is 13.2 Å². The Morgan fingerprint density at radius 1 is 1.47 bits per heavy atom. The molecule has 8 heteroatoms. The molecule has 0 radical (unpaired) electrons. The molecule has 1 aromatic heterocycles. The maximum Gasteiger partial charge on any atom is 0.411 e. The normalized spacial score (nSPS) is 13.7. The Morgan fingerprint density at radius 2 is 2.21 bits per heavy atom. The van der Waals surface area contributed by atoms with Gasteiger partial charge in [0.1, 0.15) is 6.61 Å². The molecule has 19 heavy (non-hydrogen) atoms. The number of aromatic nitrogens is 3. The summed E-state index contributed by atoms with van der Waals surface area (Å²) in [5, 5.41) is 11.0. The second-order valence-corrected chi connectivity index (χ2v) is 4.30. The maximum absolute atomic E-state index is 11.9. The van der Waals surface area contributed by atoms with Crippen molar-refractivity contribution in [3.05, 3.63) is 11.9 Å². The van der Waals surface area contributed by atoms with E-state index in [1.54, 1.807) is 17.9 Å². The number of likely N-dealkylation sites (N-methyl/N-ethyl adjacent to an activating group) is 1. The van der Waals surface area contributed by atoms with Crippen LogP contribution in [0.1, 0.15) is 19.0 Å². The molecule has 0 aliphatic heterocycles. The maximum atomic E-state index is 11.9. The van der Waals surface area contributed by atoms with Crippen LogP contribution < -0.4 is 5.32 Å². The average molecular weight is 280 g/mol. The molecule has 1 atom stereocenters. The Labute approximate surface area is 110 Å². The number of halogens is 3. The first-order valence-corrected chi connectivity index (χ1v) is 6.13. The lowest BCUT2D eigenvalue weighted by Gasteiger charge is -2.17. The first-order valence-electron chi connectivity index (χ1n) is 6.13. The molecule has 0 aliphatic carbocycles. The smallest absolute Gasteiger partial charge is 0.372 e. The van der Waals surface area contributed by atoms with E-state index in [0.29, 0.717) is 12.8 Å². The van der Waals surface area contributed by atoms with Gasteiger partial charge in [0.2, 0.25) is 0 Å². The van der Waals surface area contributed by atoms with Crippen molar-refractivity contribution < 1.29 is 17.9 Å². The minimum Gasteiger partial charge on any atom is -0.372 e. The van der Waals surface area contributed by atoms with E-state index in [9.17, 15) is 13.2 Å². The molecule has 1 rings (SSSR count). The van der Waals surface area contributed by atoms with Crippen LogP contribution in [-0.4, -0.2) is 47.0 Å². The zero-order chi connectivity index (χ0) is 14.3. The lowest BCUT2D eigenvalue weighted by Crippen LogP contribution is -2.32. The van der Waals surface area contributed by atoms with Crippen LogP contribution in [0.25, 0.3) is 0 Å². The van der Waals surface area contributed by atoms with Gasteiger partial charge in [0.15, 0.2) is 0 Å². The summed E-state index contributed by atoms with van der Waals surface area (Å²) in [5.41, 5.74) is 0.810. The first-order chi connectivity index (χ1) is 8.90. The second-order valence-electron chi connectivity index (χ2n) is 4.30. The van der Waals surface area contributed by atoms with E-state index in [2.05, 4.69) is 20.4 Å². The van der Waals surface area contributed by atoms with E-state index < -0.39 is 12.8 Å². The molecular formula is C11H19F3N4O. The number of hydrogen-bond acceptors (Lipinski definition) is 4. The molecule has 0 spiro atoms. The fraction of sp³-hybridized carbons (Fsp3) is 0.818. The van der Waals surface area contributed by atoms with Gasteiger partial charge in [-0.3, -0.25) is 4.68 Å². The molecule has 1 aromatic rings. The fourth-order valence-electron chi connectivity index (χ4n) is 1.72. The fourth-order valence-corrected chi connectivity index (χ4v) is 1.72. The minimum atomic E-state index is -4.27. The van der Waals surface area contributed by atoms with Gasteiger partial charge in [0.25, 0.3) is 0 Å². The second kappa shape index (κ2) is 7.44. The van der Waals surface area contributed by atoms with E-state index in [0.717, 1.165) is 12.2 Å². The van der Waals surface area contributed by atoms with Crippen molar-refractivity contribution in [2.75, 3.05) is 19.8 Å². The summed E-state index contributed by atoms with van der Waals surface area (Å²) in [5.74, 6) is 0. The summed E-state index contributed by atoms with van der Waals surface area (Å²) in [6.07, 6.45) is -1.35. The van der Waals surface area contributed by atoms with Crippen LogP contribution in [0.2, 0.25) is 0 Å². The largest absolute Gasteiger partial charge is 0.411 e. The van der Waals surface area contributed by atoms with Gasteiger partial charge in [-0.05, 0) is 13.0 Å². The summed E-state index contributed by atoms with van der Waals surface area (Å²) in [4.78, 5) is 0. The van der Waals surface area contributed by atoms with Gasteiger partial charge in [-0.25, -0.2) is 0 Å². The van der Waals surface area contributed by atoms with Crippen molar-refractivity contribution in [1.29, 1.82) is 0 Å². The van der Waals surface area contributed by atoms with Crippen molar-refractivity contribution >= 4 is 0 Å². The van der Waals surface area contributed by atoms with E-state index in [4.69, 9.17) is 0 Å². The molecule has 1 N–H and O–H groups in total. The van der Waals surface area contributed by atoms with Gasteiger partial charge in [-0.2, -0.15) is 13.2 Å². The molecule has 0 amide bonds. The third-order valence-electron chi connectivity index (χ3n) is 2.47. The summed E-state index contributed by atoms with van der Waals surface area (Å²) in [7, 11) is 1.77. The van der Waals surface area contributed by atoms with Gasteiger partial charge in [-0.1, -0.05) is 12.1 Å². The van der Waals surface area contributed by atoms with Crippen LogP contribution in [-0.2, 0) is 18.2 Å². The highest BCUT2D eigenvalue weighted by Gasteiger charge is 2.27. The lowest BCUT2D eigenvalue weighted by atomic mass is 10.1. The highest BCUT2D eigenvalue weighted by molar-refractivity contribution is 4.95. The van der Waals surface area contributed by atoms with Gasteiger partial charge in [0.05, 0.1) is 5.69 Å². The topological polar surface area (TPSA) is 52.0 Å². The highest BCUT2D eigenvalue weighted by atomic mass is 19.4. The Morgan fingerprint density at radius 3 is 2.74 bits per heavy atom. The lowest BCUT2D eigenvalue weighted by molar-refractivity contribution is -0.174. The molecule has 1 unspecified atom stereocenters. The van der Waals surface area contributed by atoms with Gasteiger partial charge >= 0.3 is 6.18 Å². The van der Waals surface area contributed by atoms with Crippen LogP contribution in [0, 0.1) is 0 Å². The molecule has 0 saturated heterocycles. The molecule has 0 bridgehead atoms. The summed E-state index contributed by atoms with van der Waals surface area (Å²) in [6, 6.07) is 0.0370. The van der Waals surface area contributed by atoms with Gasteiger partial charge in [-0.15, -0.1) is 5.10 Å². The van der Waals surface area contributed by atoms with Crippen molar-refractivity contribution in [3.8, 4) is 0 Å². The van der Waals surface area contributed by atoms with E-state index in [1.807, 2.05) is 6.92 Å². The number of hydrogen-bond donors (Lipinski definition) is 1. The van der Waals surface area contributed by atoms with Crippen LogP contribution in [0.15, 0.2) is 6.20 Å². The zero-order valence-corrected chi connectivity index (χ0v) is 11.1. The Balaban J connectivity index is 2.32. The predicted octanol–water partition coefficient (Wildman–Crippen LogP) is 1.30. The Kier molecular flexibility index (Phi) is 6.23. The summed E-state index contributed by atoms with van der Waals surface area (Å²) < 4.78 is 42.0. The Hall–Kier alpha value is -1.15. The van der Waals surface area contributed by atoms with Crippen LogP contribution in [0.5, 0.6) is 0 Å². The van der Waals surface area contributed by atoms with E-state index in [-0.39, 0.29) is 12.6 Å². The number of alkyl halides is 3. The predicted molar refractivity (Wildman–Crippen MR) is 63.7 cm³/mol. The van der Waals surface area contributed by atoms with Crippen molar-refractivity contribution in [3.63, 3.8) is 0 Å². The van der Waals surface area contributed by atoms with Crippen molar-refractivity contribution in [1.82, 2.24) is 20.3 Å². The SMILES string of the molecule is CCNC(CCOCC(F)(F)F)Cc1cn(C)nn1. The minimum absolute atomic E-state index is 0.0370. The van der Waals surface area contributed by atoms with Crippen LogP contribution >= 0.6 is 0 Å².